The molecule has 0 aliphatic rings. The number of phenolic OH excluding ortho intramolecular Hbond substituents is 1. The third kappa shape index (κ3) is 7.25. The molecule has 3 N–H and O–H groups in total. The Hall–Kier alpha value is -4.99. The molecule has 3 aromatic rings. The van der Waals surface area contributed by atoms with Crippen molar-refractivity contribution in [3.05, 3.63) is 105 Å². The SMILES string of the molecule is CCN(CC)c1ccc(/C=C(\NC(=O)c2ccccc2)C(=O)N/N=C\c2ccc(O)c([N+](=O)[O-])c2)cc1. The highest BCUT2D eigenvalue weighted by Crippen LogP contribution is 2.25. The number of phenols is 1. The Morgan fingerprint density at radius 3 is 2.27 bits per heavy atom. The lowest BCUT2D eigenvalue weighted by Gasteiger charge is -2.20. The quantitative estimate of drug-likeness (QED) is 0.166. The Bertz CT molecular complexity index is 1320. The number of rotatable bonds is 10. The molecule has 3 rings (SSSR count). The van der Waals surface area contributed by atoms with Crippen LogP contribution in [0.15, 0.2) is 83.6 Å². The standard InChI is InChI=1S/C27H27N5O5/c1-3-31(4-2)22-13-10-19(11-14-22)16-23(29-26(34)21-8-6-5-7-9-21)27(35)30-28-18-20-12-15-25(33)24(17-20)32(36)37/h5-18,33H,3-4H2,1-2H3,(H,29,34)(H,30,35)/b23-16-,28-18-. The first-order chi connectivity index (χ1) is 17.8. The second-order valence-electron chi connectivity index (χ2n) is 7.85. The van der Waals surface area contributed by atoms with Crippen molar-refractivity contribution < 1.29 is 19.6 Å². The van der Waals surface area contributed by atoms with Gasteiger partial charge in [-0.05, 0) is 61.9 Å². The van der Waals surface area contributed by atoms with Crippen molar-refractivity contribution in [3.8, 4) is 5.75 Å². The van der Waals surface area contributed by atoms with Crippen LogP contribution in [0, 0.1) is 10.1 Å². The van der Waals surface area contributed by atoms with E-state index in [9.17, 15) is 24.8 Å². The average molecular weight is 502 g/mol. The zero-order valence-corrected chi connectivity index (χ0v) is 20.4. The van der Waals surface area contributed by atoms with Crippen LogP contribution in [0.4, 0.5) is 11.4 Å². The predicted molar refractivity (Wildman–Crippen MR) is 142 cm³/mol. The number of hydrogen-bond donors (Lipinski definition) is 3. The Labute approximate surface area is 214 Å². The summed E-state index contributed by atoms with van der Waals surface area (Å²) in [5.41, 5.74) is 4.18. The molecule has 0 heterocycles. The highest BCUT2D eigenvalue weighted by Gasteiger charge is 2.15. The molecule has 0 atom stereocenters. The van der Waals surface area contributed by atoms with Crippen LogP contribution < -0.4 is 15.6 Å². The summed E-state index contributed by atoms with van der Waals surface area (Å²) in [4.78, 5) is 38.1. The van der Waals surface area contributed by atoms with E-state index in [1.54, 1.807) is 30.3 Å². The number of nitrogens with zero attached hydrogens (tertiary/aromatic N) is 3. The van der Waals surface area contributed by atoms with Crippen LogP contribution in [0.25, 0.3) is 6.08 Å². The number of carbonyl (C=O) groups is 2. The van der Waals surface area contributed by atoms with E-state index in [0.29, 0.717) is 11.1 Å². The molecule has 10 heteroatoms. The highest BCUT2D eigenvalue weighted by molar-refractivity contribution is 6.05. The van der Waals surface area contributed by atoms with Gasteiger partial charge in [-0.25, -0.2) is 5.43 Å². The van der Waals surface area contributed by atoms with Gasteiger partial charge in [0.2, 0.25) is 0 Å². The lowest BCUT2D eigenvalue weighted by atomic mass is 10.1. The number of benzene rings is 3. The summed E-state index contributed by atoms with van der Waals surface area (Å²) >= 11 is 0. The zero-order chi connectivity index (χ0) is 26.8. The minimum Gasteiger partial charge on any atom is -0.502 e. The third-order valence-electron chi connectivity index (χ3n) is 5.44. The van der Waals surface area contributed by atoms with Crippen LogP contribution in [-0.4, -0.2) is 41.1 Å². The van der Waals surface area contributed by atoms with Crippen LogP contribution in [0.2, 0.25) is 0 Å². The van der Waals surface area contributed by atoms with Crippen LogP contribution in [0.1, 0.15) is 35.3 Å². The normalized spacial score (nSPS) is 11.2. The van der Waals surface area contributed by atoms with Gasteiger partial charge in [0, 0.05) is 36.0 Å². The first-order valence-electron chi connectivity index (χ1n) is 11.6. The fourth-order valence-corrected chi connectivity index (χ4v) is 3.47. The van der Waals surface area contributed by atoms with Crippen molar-refractivity contribution in [3.63, 3.8) is 0 Å². The molecule has 0 aliphatic heterocycles. The van der Waals surface area contributed by atoms with Gasteiger partial charge in [-0.15, -0.1) is 0 Å². The average Bonchev–Trinajstić information content (AvgIpc) is 2.91. The van der Waals surface area contributed by atoms with Crippen LogP contribution in [0.3, 0.4) is 0 Å². The van der Waals surface area contributed by atoms with Crippen LogP contribution >= 0.6 is 0 Å². The molecule has 2 amide bonds. The van der Waals surface area contributed by atoms with Crippen LogP contribution in [0.5, 0.6) is 5.75 Å². The Morgan fingerprint density at radius 1 is 1.00 bits per heavy atom. The molecule has 0 aromatic heterocycles. The number of hydrogen-bond acceptors (Lipinski definition) is 7. The number of amides is 2. The maximum Gasteiger partial charge on any atom is 0.311 e. The molecule has 0 spiro atoms. The number of carbonyl (C=O) groups excluding carboxylic acids is 2. The van der Waals surface area contributed by atoms with Gasteiger partial charge in [0.1, 0.15) is 5.70 Å². The summed E-state index contributed by atoms with van der Waals surface area (Å²) in [6.45, 7) is 5.84. The highest BCUT2D eigenvalue weighted by atomic mass is 16.6. The van der Waals surface area contributed by atoms with Gasteiger partial charge in [0.25, 0.3) is 11.8 Å². The monoisotopic (exact) mass is 501 g/mol. The molecule has 0 unspecified atom stereocenters. The van der Waals surface area contributed by atoms with E-state index in [1.165, 1.54) is 18.4 Å². The number of nitrogens with one attached hydrogen (secondary N) is 2. The van der Waals surface area contributed by atoms with Gasteiger partial charge in [-0.1, -0.05) is 30.3 Å². The van der Waals surface area contributed by atoms with Gasteiger partial charge in [0.15, 0.2) is 5.75 Å². The van der Waals surface area contributed by atoms with Gasteiger partial charge < -0.3 is 15.3 Å². The second kappa shape index (κ2) is 12.6. The molecule has 0 saturated heterocycles. The molecule has 0 saturated carbocycles. The molecular formula is C27H27N5O5. The van der Waals surface area contributed by atoms with E-state index in [0.717, 1.165) is 30.9 Å². The van der Waals surface area contributed by atoms with E-state index >= 15 is 0 Å². The lowest BCUT2D eigenvalue weighted by Crippen LogP contribution is -2.32. The summed E-state index contributed by atoms with van der Waals surface area (Å²) < 4.78 is 0. The summed E-state index contributed by atoms with van der Waals surface area (Å²) in [5, 5.41) is 27.1. The lowest BCUT2D eigenvalue weighted by molar-refractivity contribution is -0.385. The minimum absolute atomic E-state index is 0.0433. The van der Waals surface area contributed by atoms with E-state index in [-0.39, 0.29) is 11.3 Å². The minimum atomic E-state index is -0.725. The summed E-state index contributed by atoms with van der Waals surface area (Å²) in [7, 11) is 0. The number of anilines is 1. The molecule has 0 bridgehead atoms. The summed E-state index contributed by atoms with van der Waals surface area (Å²) in [5.74, 6) is -1.64. The van der Waals surface area contributed by atoms with E-state index in [1.807, 2.05) is 24.3 Å². The van der Waals surface area contributed by atoms with Gasteiger partial charge in [-0.3, -0.25) is 19.7 Å². The molecule has 0 radical (unpaired) electrons. The number of nitro groups is 1. The number of hydrazone groups is 1. The van der Waals surface area contributed by atoms with E-state index in [2.05, 4.69) is 34.6 Å². The van der Waals surface area contributed by atoms with Crippen molar-refractivity contribution in [2.75, 3.05) is 18.0 Å². The maximum atomic E-state index is 12.9. The first kappa shape index (κ1) is 26.6. The first-order valence-corrected chi connectivity index (χ1v) is 11.6. The smallest absolute Gasteiger partial charge is 0.311 e. The van der Waals surface area contributed by atoms with Gasteiger partial charge in [0.05, 0.1) is 11.1 Å². The van der Waals surface area contributed by atoms with Crippen LogP contribution in [-0.2, 0) is 4.79 Å². The Kier molecular flexibility index (Phi) is 9.09. The van der Waals surface area contributed by atoms with Crippen molar-refractivity contribution in [2.24, 2.45) is 5.10 Å². The van der Waals surface area contributed by atoms with Crippen molar-refractivity contribution in [1.29, 1.82) is 0 Å². The Balaban J connectivity index is 1.83. The molecule has 190 valence electrons. The molecule has 0 aliphatic carbocycles. The fraction of sp³-hybridized carbons (Fsp3) is 0.148. The van der Waals surface area contributed by atoms with Crippen molar-refractivity contribution in [2.45, 2.75) is 13.8 Å². The number of nitro benzene ring substituents is 1. The third-order valence-corrected chi connectivity index (χ3v) is 5.44. The number of aromatic hydroxyl groups is 1. The zero-order valence-electron chi connectivity index (χ0n) is 20.4. The molecule has 10 nitrogen and oxygen atoms in total. The second-order valence-corrected chi connectivity index (χ2v) is 7.85. The molecular weight excluding hydrogens is 474 g/mol. The van der Waals surface area contributed by atoms with E-state index in [4.69, 9.17) is 0 Å². The fourth-order valence-electron chi connectivity index (χ4n) is 3.47. The Morgan fingerprint density at radius 2 is 1.65 bits per heavy atom. The van der Waals surface area contributed by atoms with Crippen molar-refractivity contribution in [1.82, 2.24) is 10.7 Å². The van der Waals surface area contributed by atoms with Gasteiger partial charge >= 0.3 is 5.69 Å². The molecule has 3 aromatic carbocycles. The molecule has 0 fully saturated rings. The largest absolute Gasteiger partial charge is 0.502 e. The predicted octanol–water partition coefficient (Wildman–Crippen LogP) is 4.07. The van der Waals surface area contributed by atoms with E-state index < -0.39 is 28.2 Å². The van der Waals surface area contributed by atoms with Gasteiger partial charge in [-0.2, -0.15) is 5.10 Å². The van der Waals surface area contributed by atoms with Crippen molar-refractivity contribution >= 4 is 35.5 Å². The molecule has 37 heavy (non-hydrogen) atoms. The maximum absolute atomic E-state index is 12.9. The summed E-state index contributed by atoms with van der Waals surface area (Å²) in [6, 6.07) is 19.7. The summed E-state index contributed by atoms with van der Waals surface area (Å²) in [6.07, 6.45) is 2.73. The topological polar surface area (TPSA) is 137 Å².